The zero-order valence-corrected chi connectivity index (χ0v) is 16.9. The number of nitrogens with zero attached hydrogens (tertiary/aromatic N) is 2. The molecule has 1 heterocycles. The molecule has 7 nitrogen and oxygen atoms in total. The second-order valence-electron chi connectivity index (χ2n) is 5.79. The highest BCUT2D eigenvalue weighted by Crippen LogP contribution is 2.28. The Bertz CT molecular complexity index is 778. The maximum atomic E-state index is 11.9. The summed E-state index contributed by atoms with van der Waals surface area (Å²) < 4.78 is 0.693. The van der Waals surface area contributed by atoms with Crippen molar-refractivity contribution in [1.29, 1.82) is 0 Å². The lowest BCUT2D eigenvalue weighted by Crippen LogP contribution is -2.45. The van der Waals surface area contributed by atoms with Crippen LogP contribution in [0.5, 0.6) is 0 Å². The van der Waals surface area contributed by atoms with Gasteiger partial charge < -0.3 is 16.0 Å². The molecule has 2 rings (SSSR count). The summed E-state index contributed by atoms with van der Waals surface area (Å²) in [7, 11) is 0. The lowest BCUT2D eigenvalue weighted by molar-refractivity contribution is -0.127. The second kappa shape index (κ2) is 9.54. The number of likely N-dealkylation sites (N-methyl/N-ethyl adjacent to an activating group) is 1. The molecule has 1 aromatic heterocycles. The number of benzene rings is 1. The number of amides is 2. The fraction of sp³-hybridized carbons (Fsp3) is 0.412. The fourth-order valence-corrected chi connectivity index (χ4v) is 3.77. The molecule has 0 bridgehead atoms. The predicted octanol–water partition coefficient (Wildman–Crippen LogP) is 2.63. The molecule has 2 aromatic rings. The van der Waals surface area contributed by atoms with Crippen molar-refractivity contribution >= 4 is 45.7 Å². The van der Waals surface area contributed by atoms with E-state index in [-0.39, 0.29) is 17.6 Å². The van der Waals surface area contributed by atoms with Crippen LogP contribution in [0.4, 0.5) is 10.8 Å². The minimum atomic E-state index is -0.556. The molecular weight excluding hydrogens is 370 g/mol. The van der Waals surface area contributed by atoms with Crippen molar-refractivity contribution in [2.24, 2.45) is 0 Å². The van der Waals surface area contributed by atoms with Crippen LogP contribution in [0.15, 0.2) is 22.5 Å². The fourth-order valence-electron chi connectivity index (χ4n) is 2.19. The molecule has 0 radical (unpaired) electrons. The molecule has 1 aromatic carbocycles. The first kappa shape index (κ1) is 20.2. The van der Waals surface area contributed by atoms with Crippen molar-refractivity contribution in [3.63, 3.8) is 0 Å². The Labute approximate surface area is 161 Å². The third-order valence-electron chi connectivity index (χ3n) is 3.48. The number of rotatable bonds is 8. The van der Waals surface area contributed by atoms with Gasteiger partial charge in [-0.2, -0.15) is 0 Å². The van der Waals surface area contributed by atoms with Gasteiger partial charge in [0.05, 0.1) is 5.75 Å². The van der Waals surface area contributed by atoms with Gasteiger partial charge in [-0.3, -0.25) is 9.59 Å². The Hall–Kier alpha value is -2.13. The van der Waals surface area contributed by atoms with E-state index in [0.717, 1.165) is 11.3 Å². The molecule has 0 spiro atoms. The summed E-state index contributed by atoms with van der Waals surface area (Å²) in [5.41, 5.74) is 3.32. The Balaban J connectivity index is 1.84. The van der Waals surface area contributed by atoms with Gasteiger partial charge >= 0.3 is 0 Å². The number of nitrogens with one attached hydrogen (secondary N) is 3. The van der Waals surface area contributed by atoms with Crippen LogP contribution in [0.3, 0.4) is 0 Å². The van der Waals surface area contributed by atoms with Crippen molar-refractivity contribution in [2.45, 2.75) is 38.1 Å². The topological polar surface area (TPSA) is 96.0 Å². The molecule has 2 amide bonds. The van der Waals surface area contributed by atoms with E-state index in [0.29, 0.717) is 16.0 Å². The molecule has 9 heteroatoms. The maximum absolute atomic E-state index is 11.9. The first-order valence-corrected chi connectivity index (χ1v) is 10.1. The van der Waals surface area contributed by atoms with Gasteiger partial charge in [0.15, 0.2) is 4.34 Å². The van der Waals surface area contributed by atoms with E-state index in [2.05, 4.69) is 32.2 Å². The van der Waals surface area contributed by atoms with Crippen molar-refractivity contribution < 1.29 is 9.59 Å². The Morgan fingerprint density at radius 3 is 2.73 bits per heavy atom. The monoisotopic (exact) mass is 393 g/mol. The van der Waals surface area contributed by atoms with E-state index >= 15 is 0 Å². The average Bonchev–Trinajstić information content (AvgIpc) is 3.03. The Morgan fingerprint density at radius 1 is 1.27 bits per heavy atom. The minimum absolute atomic E-state index is 0.182. The molecule has 0 aliphatic heterocycles. The number of aromatic nitrogens is 2. The number of carbonyl (C=O) groups is 2. The van der Waals surface area contributed by atoms with Crippen molar-refractivity contribution in [3.8, 4) is 0 Å². The molecule has 0 fully saturated rings. The lowest BCUT2D eigenvalue weighted by Gasteiger charge is -2.12. The smallest absolute Gasteiger partial charge is 0.242 e. The normalized spacial score (nSPS) is 11.7. The summed E-state index contributed by atoms with van der Waals surface area (Å²) in [6.45, 7) is 8.11. The van der Waals surface area contributed by atoms with Crippen LogP contribution in [-0.2, 0) is 9.59 Å². The highest BCUT2D eigenvalue weighted by Gasteiger charge is 2.15. The summed E-state index contributed by atoms with van der Waals surface area (Å²) in [6.07, 6.45) is 0. The highest BCUT2D eigenvalue weighted by molar-refractivity contribution is 8.01. The van der Waals surface area contributed by atoms with Gasteiger partial charge in [-0.25, -0.2) is 0 Å². The van der Waals surface area contributed by atoms with Crippen LogP contribution in [0.1, 0.15) is 25.0 Å². The van der Waals surface area contributed by atoms with Crippen molar-refractivity contribution in [1.82, 2.24) is 20.8 Å². The van der Waals surface area contributed by atoms with Crippen LogP contribution in [0.25, 0.3) is 0 Å². The number of thioether (sulfide) groups is 1. The van der Waals surface area contributed by atoms with Crippen LogP contribution < -0.4 is 16.0 Å². The quantitative estimate of drug-likeness (QED) is 0.597. The third-order valence-corrected chi connectivity index (χ3v) is 5.45. The zero-order chi connectivity index (χ0) is 19.1. The van der Waals surface area contributed by atoms with Gasteiger partial charge in [0.1, 0.15) is 6.04 Å². The molecule has 3 N–H and O–H groups in total. The number of anilines is 2. The predicted molar refractivity (Wildman–Crippen MR) is 106 cm³/mol. The number of hydrogen-bond acceptors (Lipinski definition) is 7. The molecule has 0 aliphatic rings. The van der Waals surface area contributed by atoms with E-state index in [1.807, 2.05) is 32.9 Å². The van der Waals surface area contributed by atoms with Crippen LogP contribution in [0.2, 0.25) is 0 Å². The molecule has 1 atom stereocenters. The Kier molecular flexibility index (Phi) is 7.40. The minimum Gasteiger partial charge on any atom is -0.355 e. The first-order chi connectivity index (χ1) is 12.4. The summed E-state index contributed by atoms with van der Waals surface area (Å²) in [4.78, 5) is 23.6. The van der Waals surface area contributed by atoms with E-state index in [4.69, 9.17) is 0 Å². The molecule has 0 saturated carbocycles. The van der Waals surface area contributed by atoms with E-state index in [1.54, 1.807) is 6.92 Å². The van der Waals surface area contributed by atoms with Crippen LogP contribution >= 0.6 is 23.1 Å². The standard InChI is InChI=1S/C17H23N5O2S2/c1-5-18-15(24)12(4)19-14(23)9-25-17-22-21-16(26-17)20-13-7-6-10(2)8-11(13)3/h6-8,12H,5,9H2,1-4H3,(H,18,24)(H,19,23)(H,20,21)/t12-/m0/s1. The van der Waals surface area contributed by atoms with Gasteiger partial charge in [0, 0.05) is 12.2 Å². The van der Waals surface area contributed by atoms with Crippen molar-refractivity contribution in [3.05, 3.63) is 29.3 Å². The highest BCUT2D eigenvalue weighted by atomic mass is 32.2. The molecule has 0 unspecified atom stereocenters. The molecule has 140 valence electrons. The summed E-state index contributed by atoms with van der Waals surface area (Å²) in [6, 6.07) is 5.58. The van der Waals surface area contributed by atoms with Crippen molar-refractivity contribution in [2.75, 3.05) is 17.6 Å². The lowest BCUT2D eigenvalue weighted by atomic mass is 10.1. The zero-order valence-electron chi connectivity index (χ0n) is 15.3. The SMILES string of the molecule is CCNC(=O)[C@H](C)NC(=O)CSc1nnc(Nc2ccc(C)cc2C)s1. The van der Waals surface area contributed by atoms with E-state index in [1.165, 1.54) is 28.7 Å². The van der Waals surface area contributed by atoms with Crippen LogP contribution in [0, 0.1) is 13.8 Å². The van der Waals surface area contributed by atoms with E-state index < -0.39 is 6.04 Å². The number of hydrogen-bond donors (Lipinski definition) is 3. The van der Waals surface area contributed by atoms with Gasteiger partial charge in [-0.1, -0.05) is 40.8 Å². The van der Waals surface area contributed by atoms with Gasteiger partial charge in [0.2, 0.25) is 16.9 Å². The number of aryl methyl sites for hydroxylation is 2. The molecule has 0 aliphatic carbocycles. The number of carbonyl (C=O) groups excluding carboxylic acids is 2. The van der Waals surface area contributed by atoms with Gasteiger partial charge in [-0.15, -0.1) is 10.2 Å². The summed E-state index contributed by atoms with van der Waals surface area (Å²) in [5, 5.41) is 17.4. The average molecular weight is 394 g/mol. The van der Waals surface area contributed by atoms with Crippen LogP contribution in [-0.4, -0.2) is 40.4 Å². The molecular formula is C17H23N5O2S2. The summed E-state index contributed by atoms with van der Waals surface area (Å²) >= 11 is 2.68. The van der Waals surface area contributed by atoms with Gasteiger partial charge in [-0.05, 0) is 39.3 Å². The maximum Gasteiger partial charge on any atom is 0.242 e. The summed E-state index contributed by atoms with van der Waals surface area (Å²) in [5.74, 6) is -0.225. The van der Waals surface area contributed by atoms with Gasteiger partial charge in [0.25, 0.3) is 0 Å². The Morgan fingerprint density at radius 2 is 2.04 bits per heavy atom. The molecule has 0 saturated heterocycles. The molecule has 26 heavy (non-hydrogen) atoms. The first-order valence-electron chi connectivity index (χ1n) is 8.26. The second-order valence-corrected chi connectivity index (χ2v) is 7.99. The largest absolute Gasteiger partial charge is 0.355 e. The third kappa shape index (κ3) is 5.99. The van der Waals surface area contributed by atoms with E-state index in [9.17, 15) is 9.59 Å².